The Hall–Kier alpha value is -1.42. The van der Waals surface area contributed by atoms with E-state index in [1.807, 2.05) is 51.1 Å². The fourth-order valence-electron chi connectivity index (χ4n) is 1.78. The zero-order valence-electron chi connectivity index (χ0n) is 11.8. The van der Waals surface area contributed by atoms with Gasteiger partial charge in [-0.3, -0.25) is 4.79 Å². The Morgan fingerprint density at radius 2 is 1.95 bits per heavy atom. The lowest BCUT2D eigenvalue weighted by atomic mass is 9.92. The molecule has 0 aliphatic rings. The predicted molar refractivity (Wildman–Crippen MR) is 83.1 cm³/mol. The van der Waals surface area contributed by atoms with Crippen LogP contribution in [0.5, 0.6) is 0 Å². The molecule has 104 valence electrons. The molecule has 1 aromatic rings. The molecule has 0 spiro atoms. The van der Waals surface area contributed by atoms with Crippen molar-refractivity contribution >= 4 is 23.1 Å². The molecule has 0 aromatic heterocycles. The van der Waals surface area contributed by atoms with Gasteiger partial charge in [-0.25, -0.2) is 0 Å². The second-order valence-corrected chi connectivity index (χ2v) is 5.78. The van der Waals surface area contributed by atoms with E-state index in [1.165, 1.54) is 0 Å². The number of nitrogens with one attached hydrogen (secondary N) is 1. The minimum Gasteiger partial charge on any atom is -0.393 e. The number of hydrogen-bond donors (Lipinski definition) is 2. The number of carbonyl (C=O) groups excluding carboxylic acids is 1. The van der Waals surface area contributed by atoms with Gasteiger partial charge in [-0.1, -0.05) is 63.3 Å². The summed E-state index contributed by atoms with van der Waals surface area (Å²) in [6.45, 7) is 6.33. The van der Waals surface area contributed by atoms with Crippen LogP contribution in [-0.2, 0) is 4.79 Å². The number of rotatable bonds is 6. The summed E-state index contributed by atoms with van der Waals surface area (Å²) in [7, 11) is 0. The summed E-state index contributed by atoms with van der Waals surface area (Å²) in [5.41, 5.74) is 6.33. The summed E-state index contributed by atoms with van der Waals surface area (Å²) in [4.78, 5) is 12.7. The van der Waals surface area contributed by atoms with E-state index in [0.29, 0.717) is 11.5 Å². The molecule has 1 aromatic carbocycles. The van der Waals surface area contributed by atoms with Crippen LogP contribution in [-0.4, -0.2) is 17.4 Å². The van der Waals surface area contributed by atoms with Gasteiger partial charge in [0, 0.05) is 12.0 Å². The lowest BCUT2D eigenvalue weighted by molar-refractivity contribution is -0.122. The van der Waals surface area contributed by atoms with Crippen LogP contribution in [0.3, 0.4) is 0 Å². The van der Waals surface area contributed by atoms with Crippen molar-refractivity contribution in [1.82, 2.24) is 5.32 Å². The standard InChI is InChI=1S/C15H22N2OS/c1-4-12(11-8-6-5-7-9-11)13(18)17-10-15(2,3)14(16)19/h5-9,12H,4,10H2,1-3H3,(H2,16,19)(H,17,18). The first-order valence-electron chi connectivity index (χ1n) is 6.51. The van der Waals surface area contributed by atoms with Gasteiger partial charge in [-0.05, 0) is 12.0 Å². The molecule has 19 heavy (non-hydrogen) atoms. The number of nitrogens with two attached hydrogens (primary N) is 1. The fraction of sp³-hybridized carbons (Fsp3) is 0.467. The number of carbonyl (C=O) groups is 1. The molecule has 0 fully saturated rings. The Kier molecular flexibility index (Phi) is 5.48. The van der Waals surface area contributed by atoms with Crippen LogP contribution in [0.15, 0.2) is 30.3 Å². The molecule has 3 nitrogen and oxygen atoms in total. The lowest BCUT2D eigenvalue weighted by Gasteiger charge is -2.25. The summed E-state index contributed by atoms with van der Waals surface area (Å²) in [5.74, 6) is -0.0960. The SMILES string of the molecule is CCC(C(=O)NCC(C)(C)C(N)=S)c1ccccc1. The van der Waals surface area contributed by atoms with Gasteiger partial charge in [-0.2, -0.15) is 0 Å². The maximum absolute atomic E-state index is 12.2. The second kappa shape index (κ2) is 6.66. The summed E-state index contributed by atoms with van der Waals surface area (Å²) >= 11 is 5.00. The minimum absolute atomic E-state index is 0.0259. The van der Waals surface area contributed by atoms with Gasteiger partial charge in [0.05, 0.1) is 10.9 Å². The van der Waals surface area contributed by atoms with Gasteiger partial charge >= 0.3 is 0 Å². The van der Waals surface area contributed by atoms with Crippen LogP contribution < -0.4 is 11.1 Å². The van der Waals surface area contributed by atoms with E-state index < -0.39 is 0 Å². The normalized spacial score (nSPS) is 12.8. The van der Waals surface area contributed by atoms with Crippen molar-refractivity contribution in [3.63, 3.8) is 0 Å². The maximum Gasteiger partial charge on any atom is 0.227 e. The highest BCUT2D eigenvalue weighted by molar-refractivity contribution is 7.80. The van der Waals surface area contributed by atoms with Crippen LogP contribution in [0.4, 0.5) is 0 Å². The molecule has 1 rings (SSSR count). The smallest absolute Gasteiger partial charge is 0.227 e. The van der Waals surface area contributed by atoms with Crippen molar-refractivity contribution in [2.24, 2.45) is 11.1 Å². The Labute approximate surface area is 120 Å². The number of benzene rings is 1. The van der Waals surface area contributed by atoms with Crippen molar-refractivity contribution < 1.29 is 4.79 Å². The number of thiocarbonyl (C=S) groups is 1. The van der Waals surface area contributed by atoms with Gasteiger partial charge in [0.1, 0.15) is 0 Å². The third-order valence-corrected chi connectivity index (χ3v) is 3.85. The Bertz CT molecular complexity index is 443. The van der Waals surface area contributed by atoms with Crippen LogP contribution in [0, 0.1) is 5.41 Å². The lowest BCUT2D eigenvalue weighted by Crippen LogP contribution is -2.42. The van der Waals surface area contributed by atoms with Crippen molar-refractivity contribution in [1.29, 1.82) is 0 Å². The minimum atomic E-state index is -0.361. The Balaban J connectivity index is 2.69. The van der Waals surface area contributed by atoms with Gasteiger partial charge in [-0.15, -0.1) is 0 Å². The van der Waals surface area contributed by atoms with Gasteiger partial charge in [0.15, 0.2) is 0 Å². The first kappa shape index (κ1) is 15.6. The van der Waals surface area contributed by atoms with E-state index in [4.69, 9.17) is 18.0 Å². The molecule has 4 heteroatoms. The van der Waals surface area contributed by atoms with Crippen molar-refractivity contribution in [2.75, 3.05) is 6.54 Å². The molecule has 0 heterocycles. The molecule has 0 aliphatic heterocycles. The average Bonchev–Trinajstić information content (AvgIpc) is 2.38. The monoisotopic (exact) mass is 278 g/mol. The van der Waals surface area contributed by atoms with E-state index in [9.17, 15) is 4.79 Å². The molecular weight excluding hydrogens is 256 g/mol. The Morgan fingerprint density at radius 1 is 1.37 bits per heavy atom. The highest BCUT2D eigenvalue weighted by Crippen LogP contribution is 2.20. The van der Waals surface area contributed by atoms with Crippen LogP contribution >= 0.6 is 12.2 Å². The second-order valence-electron chi connectivity index (χ2n) is 5.34. The zero-order chi connectivity index (χ0) is 14.5. The van der Waals surface area contributed by atoms with Gasteiger partial charge < -0.3 is 11.1 Å². The number of hydrogen-bond acceptors (Lipinski definition) is 2. The van der Waals surface area contributed by atoms with Crippen LogP contribution in [0.25, 0.3) is 0 Å². The highest BCUT2D eigenvalue weighted by atomic mass is 32.1. The van der Waals surface area contributed by atoms with E-state index in [2.05, 4.69) is 5.32 Å². The zero-order valence-corrected chi connectivity index (χ0v) is 12.6. The third-order valence-electron chi connectivity index (χ3n) is 3.30. The number of amides is 1. The van der Waals surface area contributed by atoms with Crippen molar-refractivity contribution in [2.45, 2.75) is 33.1 Å². The third kappa shape index (κ3) is 4.31. The molecule has 0 radical (unpaired) electrons. The van der Waals surface area contributed by atoms with E-state index in [-0.39, 0.29) is 17.2 Å². The first-order valence-corrected chi connectivity index (χ1v) is 6.92. The topological polar surface area (TPSA) is 55.1 Å². The average molecular weight is 278 g/mol. The van der Waals surface area contributed by atoms with E-state index >= 15 is 0 Å². The largest absolute Gasteiger partial charge is 0.393 e. The maximum atomic E-state index is 12.2. The molecular formula is C15H22N2OS. The fourth-order valence-corrected chi connectivity index (χ4v) is 1.85. The summed E-state index contributed by atoms with van der Waals surface area (Å²) in [5, 5.41) is 2.95. The van der Waals surface area contributed by atoms with Crippen LogP contribution in [0.1, 0.15) is 38.7 Å². The Morgan fingerprint density at radius 3 is 2.42 bits per heavy atom. The molecule has 1 unspecified atom stereocenters. The predicted octanol–water partition coefficient (Wildman–Crippen LogP) is 2.61. The molecule has 3 N–H and O–H groups in total. The molecule has 0 bridgehead atoms. The highest BCUT2D eigenvalue weighted by Gasteiger charge is 2.24. The first-order chi connectivity index (χ1) is 8.88. The van der Waals surface area contributed by atoms with Gasteiger partial charge in [0.25, 0.3) is 0 Å². The molecule has 1 atom stereocenters. The summed E-state index contributed by atoms with van der Waals surface area (Å²) in [6, 6.07) is 9.80. The van der Waals surface area contributed by atoms with Gasteiger partial charge in [0.2, 0.25) is 5.91 Å². The molecule has 0 saturated heterocycles. The summed E-state index contributed by atoms with van der Waals surface area (Å²) < 4.78 is 0. The molecule has 0 saturated carbocycles. The van der Waals surface area contributed by atoms with Crippen molar-refractivity contribution in [3.8, 4) is 0 Å². The van der Waals surface area contributed by atoms with Crippen LogP contribution in [0.2, 0.25) is 0 Å². The van der Waals surface area contributed by atoms with E-state index in [0.717, 1.165) is 12.0 Å². The molecule has 0 aliphatic carbocycles. The van der Waals surface area contributed by atoms with E-state index in [1.54, 1.807) is 0 Å². The molecule has 1 amide bonds. The quantitative estimate of drug-likeness (QED) is 0.786. The van der Waals surface area contributed by atoms with Crippen molar-refractivity contribution in [3.05, 3.63) is 35.9 Å². The summed E-state index contributed by atoms with van der Waals surface area (Å²) in [6.07, 6.45) is 0.767.